The van der Waals surface area contributed by atoms with Crippen LogP contribution in [0.5, 0.6) is 0 Å². The highest BCUT2D eigenvalue weighted by Gasteiger charge is 2.31. The highest BCUT2D eigenvalue weighted by molar-refractivity contribution is 5.95. The molecule has 2 heterocycles. The summed E-state index contributed by atoms with van der Waals surface area (Å²) in [5, 5.41) is 7.35. The second-order valence-electron chi connectivity index (χ2n) is 6.16. The predicted molar refractivity (Wildman–Crippen MR) is 86.7 cm³/mol. The Morgan fingerprint density at radius 2 is 2.12 bits per heavy atom. The second-order valence-corrected chi connectivity index (χ2v) is 6.16. The fourth-order valence-corrected chi connectivity index (χ4v) is 2.99. The number of carbonyl (C=O) groups is 1. The number of benzene rings is 1. The summed E-state index contributed by atoms with van der Waals surface area (Å²) in [6, 6.07) is 4.96. The summed E-state index contributed by atoms with van der Waals surface area (Å²) >= 11 is 0. The minimum absolute atomic E-state index is 0.0533. The molecule has 1 aliphatic heterocycles. The molecule has 1 aliphatic rings. The van der Waals surface area contributed by atoms with E-state index < -0.39 is 11.7 Å². The largest absolute Gasteiger partial charge is 0.416 e. The van der Waals surface area contributed by atoms with Crippen molar-refractivity contribution < 1.29 is 18.0 Å². The lowest BCUT2D eigenvalue weighted by atomic mass is 10.1. The SMILES string of the molecule is Cc1c(C(=O)N2CCNC[C@H]2C)cnn1-c1cccc(C(F)(F)F)c1. The summed E-state index contributed by atoms with van der Waals surface area (Å²) < 4.78 is 40.1. The molecule has 8 heteroatoms. The third kappa shape index (κ3) is 3.39. The number of nitrogens with one attached hydrogen (secondary N) is 1. The average Bonchev–Trinajstić information content (AvgIpc) is 2.95. The van der Waals surface area contributed by atoms with Gasteiger partial charge in [-0.05, 0) is 32.0 Å². The van der Waals surface area contributed by atoms with Gasteiger partial charge in [-0.25, -0.2) is 4.68 Å². The Balaban J connectivity index is 1.93. The van der Waals surface area contributed by atoms with E-state index in [4.69, 9.17) is 0 Å². The maximum atomic E-state index is 12.9. The zero-order valence-electron chi connectivity index (χ0n) is 14.0. The number of hydrogen-bond acceptors (Lipinski definition) is 3. The number of halogens is 3. The van der Waals surface area contributed by atoms with E-state index in [1.807, 2.05) is 6.92 Å². The minimum Gasteiger partial charge on any atom is -0.333 e. The molecule has 1 aromatic heterocycles. The van der Waals surface area contributed by atoms with Crippen LogP contribution < -0.4 is 5.32 Å². The Morgan fingerprint density at radius 3 is 2.80 bits per heavy atom. The van der Waals surface area contributed by atoms with Gasteiger partial charge in [-0.2, -0.15) is 18.3 Å². The van der Waals surface area contributed by atoms with E-state index in [1.165, 1.54) is 23.0 Å². The van der Waals surface area contributed by atoms with Crippen LogP contribution >= 0.6 is 0 Å². The molecular weight excluding hydrogens is 333 g/mol. The van der Waals surface area contributed by atoms with Crippen molar-refractivity contribution in [3.05, 3.63) is 47.3 Å². The van der Waals surface area contributed by atoms with Crippen LogP contribution in [0.2, 0.25) is 0 Å². The third-order valence-corrected chi connectivity index (χ3v) is 4.42. The molecule has 25 heavy (non-hydrogen) atoms. The van der Waals surface area contributed by atoms with E-state index in [0.717, 1.165) is 18.7 Å². The summed E-state index contributed by atoms with van der Waals surface area (Å²) in [7, 11) is 0. The van der Waals surface area contributed by atoms with Crippen LogP contribution in [0.4, 0.5) is 13.2 Å². The predicted octanol–water partition coefficient (Wildman–Crippen LogP) is 2.63. The summed E-state index contributed by atoms with van der Waals surface area (Å²) in [6.45, 7) is 5.67. The third-order valence-electron chi connectivity index (χ3n) is 4.42. The topological polar surface area (TPSA) is 50.2 Å². The first kappa shape index (κ1) is 17.5. The minimum atomic E-state index is -4.42. The van der Waals surface area contributed by atoms with Gasteiger partial charge in [0, 0.05) is 25.7 Å². The summed E-state index contributed by atoms with van der Waals surface area (Å²) in [5.41, 5.74) is 0.462. The Morgan fingerprint density at radius 1 is 1.36 bits per heavy atom. The molecule has 134 valence electrons. The van der Waals surface area contributed by atoms with Crippen molar-refractivity contribution in [2.24, 2.45) is 0 Å². The van der Waals surface area contributed by atoms with Crippen LogP contribution in [-0.2, 0) is 6.18 Å². The van der Waals surface area contributed by atoms with E-state index in [2.05, 4.69) is 10.4 Å². The molecule has 1 amide bonds. The molecular formula is C17H19F3N4O. The normalized spacial score (nSPS) is 18.4. The van der Waals surface area contributed by atoms with Gasteiger partial charge in [-0.1, -0.05) is 6.07 Å². The summed E-state index contributed by atoms with van der Waals surface area (Å²) in [6.07, 6.45) is -3.00. The Bertz CT molecular complexity index is 784. The monoisotopic (exact) mass is 352 g/mol. The molecule has 0 unspecified atom stereocenters. The number of rotatable bonds is 2. The van der Waals surface area contributed by atoms with E-state index in [-0.39, 0.29) is 17.6 Å². The molecule has 1 N–H and O–H groups in total. The molecule has 1 saturated heterocycles. The Kier molecular flexibility index (Phi) is 4.55. The maximum absolute atomic E-state index is 12.9. The first-order valence-corrected chi connectivity index (χ1v) is 8.03. The fourth-order valence-electron chi connectivity index (χ4n) is 2.99. The number of nitrogens with zero attached hydrogens (tertiary/aromatic N) is 3. The Hall–Kier alpha value is -2.35. The first-order chi connectivity index (χ1) is 11.8. The molecule has 0 aliphatic carbocycles. The number of alkyl halides is 3. The smallest absolute Gasteiger partial charge is 0.333 e. The maximum Gasteiger partial charge on any atom is 0.416 e. The van der Waals surface area contributed by atoms with Crippen molar-refractivity contribution in [2.45, 2.75) is 26.1 Å². The second kappa shape index (κ2) is 6.51. The van der Waals surface area contributed by atoms with Crippen LogP contribution in [0.3, 0.4) is 0 Å². The lowest BCUT2D eigenvalue weighted by Crippen LogP contribution is -2.52. The Labute approximate surface area is 143 Å². The quantitative estimate of drug-likeness (QED) is 0.904. The van der Waals surface area contributed by atoms with Gasteiger partial charge < -0.3 is 10.2 Å². The molecule has 2 aromatic rings. The van der Waals surface area contributed by atoms with E-state index in [0.29, 0.717) is 24.3 Å². The van der Waals surface area contributed by atoms with Gasteiger partial charge in [-0.3, -0.25) is 4.79 Å². The molecule has 0 saturated carbocycles. The number of piperazine rings is 1. The van der Waals surface area contributed by atoms with Gasteiger partial charge in [0.25, 0.3) is 5.91 Å². The number of carbonyl (C=O) groups excluding carboxylic acids is 1. The van der Waals surface area contributed by atoms with Gasteiger partial charge >= 0.3 is 6.18 Å². The van der Waals surface area contributed by atoms with Crippen LogP contribution in [0, 0.1) is 6.92 Å². The molecule has 1 atom stereocenters. The van der Waals surface area contributed by atoms with Crippen LogP contribution in [0.1, 0.15) is 28.5 Å². The van der Waals surface area contributed by atoms with Crippen molar-refractivity contribution in [2.75, 3.05) is 19.6 Å². The van der Waals surface area contributed by atoms with Gasteiger partial charge in [0.2, 0.25) is 0 Å². The molecule has 3 rings (SSSR count). The fraction of sp³-hybridized carbons (Fsp3) is 0.412. The highest BCUT2D eigenvalue weighted by Crippen LogP contribution is 2.30. The lowest BCUT2D eigenvalue weighted by molar-refractivity contribution is -0.137. The number of amides is 1. The summed E-state index contributed by atoms with van der Waals surface area (Å²) in [4.78, 5) is 14.5. The molecule has 1 aromatic carbocycles. The highest BCUT2D eigenvalue weighted by atomic mass is 19.4. The van der Waals surface area contributed by atoms with Gasteiger partial charge in [0.05, 0.1) is 28.7 Å². The van der Waals surface area contributed by atoms with Crippen molar-refractivity contribution >= 4 is 5.91 Å². The van der Waals surface area contributed by atoms with E-state index in [1.54, 1.807) is 11.8 Å². The standard InChI is InChI=1S/C17H19F3N4O/c1-11-9-21-6-7-23(11)16(25)15-10-22-24(12(15)2)14-5-3-4-13(8-14)17(18,19)20/h3-5,8,10-11,21H,6-7,9H2,1-2H3/t11-/m1/s1. The molecule has 0 bridgehead atoms. The molecule has 0 radical (unpaired) electrons. The van der Waals surface area contributed by atoms with E-state index in [9.17, 15) is 18.0 Å². The van der Waals surface area contributed by atoms with Crippen molar-refractivity contribution in [1.29, 1.82) is 0 Å². The van der Waals surface area contributed by atoms with Crippen LogP contribution in [-0.4, -0.2) is 46.3 Å². The van der Waals surface area contributed by atoms with Gasteiger partial charge in [0.15, 0.2) is 0 Å². The van der Waals surface area contributed by atoms with Crippen LogP contribution in [0.25, 0.3) is 5.69 Å². The van der Waals surface area contributed by atoms with Crippen molar-refractivity contribution in [3.8, 4) is 5.69 Å². The van der Waals surface area contributed by atoms with E-state index >= 15 is 0 Å². The summed E-state index contributed by atoms with van der Waals surface area (Å²) in [5.74, 6) is -0.148. The van der Waals surface area contributed by atoms with Gasteiger partial charge in [0.1, 0.15) is 0 Å². The number of aromatic nitrogens is 2. The average molecular weight is 352 g/mol. The molecule has 5 nitrogen and oxygen atoms in total. The first-order valence-electron chi connectivity index (χ1n) is 8.03. The van der Waals surface area contributed by atoms with Gasteiger partial charge in [-0.15, -0.1) is 0 Å². The number of hydrogen-bond donors (Lipinski definition) is 1. The zero-order valence-corrected chi connectivity index (χ0v) is 14.0. The zero-order chi connectivity index (χ0) is 18.2. The lowest BCUT2D eigenvalue weighted by Gasteiger charge is -2.33. The van der Waals surface area contributed by atoms with Crippen molar-refractivity contribution in [3.63, 3.8) is 0 Å². The molecule has 0 spiro atoms. The van der Waals surface area contributed by atoms with Crippen LogP contribution in [0.15, 0.2) is 30.5 Å². The molecule has 1 fully saturated rings. The van der Waals surface area contributed by atoms with Crippen molar-refractivity contribution in [1.82, 2.24) is 20.0 Å².